The van der Waals surface area contributed by atoms with Gasteiger partial charge in [-0.1, -0.05) is 0 Å². The van der Waals surface area contributed by atoms with Gasteiger partial charge in [0.05, 0.1) is 12.1 Å². The Labute approximate surface area is 119 Å². The van der Waals surface area contributed by atoms with E-state index in [9.17, 15) is 4.79 Å². The van der Waals surface area contributed by atoms with Crippen molar-refractivity contribution in [1.29, 1.82) is 0 Å². The molecule has 1 saturated heterocycles. The van der Waals surface area contributed by atoms with Crippen LogP contribution in [0.3, 0.4) is 0 Å². The van der Waals surface area contributed by atoms with Gasteiger partial charge in [-0.3, -0.25) is 10.1 Å². The van der Waals surface area contributed by atoms with Crippen molar-refractivity contribution in [1.82, 2.24) is 15.2 Å². The summed E-state index contributed by atoms with van der Waals surface area (Å²) in [6, 6.07) is -0.0141. The highest BCUT2D eigenvalue weighted by molar-refractivity contribution is 7.09. The van der Waals surface area contributed by atoms with Crippen molar-refractivity contribution >= 4 is 17.2 Å². The molecule has 0 bridgehead atoms. The molecule has 1 fully saturated rings. The molecule has 19 heavy (non-hydrogen) atoms. The van der Waals surface area contributed by atoms with E-state index in [2.05, 4.69) is 17.2 Å². The average molecular weight is 281 g/mol. The first-order valence-corrected chi connectivity index (χ1v) is 7.92. The van der Waals surface area contributed by atoms with Crippen LogP contribution in [0.25, 0.3) is 0 Å². The fraction of sp³-hybridized carbons (Fsp3) is 0.714. The summed E-state index contributed by atoms with van der Waals surface area (Å²) in [5.41, 5.74) is 1.05. The minimum atomic E-state index is -0.141. The third-order valence-electron chi connectivity index (χ3n) is 3.55. The van der Waals surface area contributed by atoms with Crippen molar-refractivity contribution in [2.75, 3.05) is 13.1 Å². The SMILES string of the molecule is Cc1csc(C(C)NC(C)C(=O)N2CCCCC2)n1. The second-order valence-electron chi connectivity index (χ2n) is 5.32. The average Bonchev–Trinajstić information content (AvgIpc) is 2.85. The number of nitrogens with zero attached hydrogens (tertiary/aromatic N) is 2. The lowest BCUT2D eigenvalue weighted by molar-refractivity contribution is -0.134. The maximum atomic E-state index is 12.3. The molecule has 1 aliphatic heterocycles. The fourth-order valence-corrected chi connectivity index (χ4v) is 3.29. The zero-order chi connectivity index (χ0) is 13.8. The monoisotopic (exact) mass is 281 g/mol. The molecule has 1 amide bonds. The summed E-state index contributed by atoms with van der Waals surface area (Å²) in [5, 5.41) is 6.46. The Bertz CT molecular complexity index is 426. The van der Waals surface area contributed by atoms with Crippen LogP contribution in [0.4, 0.5) is 0 Å². The molecular formula is C14H23N3OS. The van der Waals surface area contributed by atoms with Crippen molar-refractivity contribution in [3.05, 3.63) is 16.1 Å². The summed E-state index contributed by atoms with van der Waals surface area (Å²) < 4.78 is 0. The van der Waals surface area contributed by atoms with Crippen molar-refractivity contribution in [3.63, 3.8) is 0 Å². The van der Waals surface area contributed by atoms with Gasteiger partial charge >= 0.3 is 0 Å². The Morgan fingerprint density at radius 1 is 1.37 bits per heavy atom. The van der Waals surface area contributed by atoms with Gasteiger partial charge in [0.15, 0.2) is 0 Å². The second kappa shape index (κ2) is 6.48. The molecule has 106 valence electrons. The second-order valence-corrected chi connectivity index (χ2v) is 6.21. The molecule has 0 saturated carbocycles. The highest BCUT2D eigenvalue weighted by atomic mass is 32.1. The molecule has 0 aliphatic carbocycles. The molecule has 0 radical (unpaired) electrons. The van der Waals surface area contributed by atoms with E-state index in [1.165, 1.54) is 6.42 Å². The number of thiazole rings is 1. The summed E-state index contributed by atoms with van der Waals surface area (Å²) in [4.78, 5) is 18.8. The van der Waals surface area contributed by atoms with E-state index in [0.717, 1.165) is 36.6 Å². The van der Waals surface area contributed by atoms with Gasteiger partial charge in [0.1, 0.15) is 5.01 Å². The van der Waals surface area contributed by atoms with E-state index < -0.39 is 0 Å². The van der Waals surface area contributed by atoms with Gasteiger partial charge in [-0.25, -0.2) is 4.98 Å². The maximum Gasteiger partial charge on any atom is 0.239 e. The van der Waals surface area contributed by atoms with E-state index >= 15 is 0 Å². The number of carbonyl (C=O) groups excluding carboxylic acids is 1. The molecule has 0 aromatic carbocycles. The molecule has 2 rings (SSSR count). The molecule has 1 aromatic heterocycles. The first kappa shape index (κ1) is 14.5. The van der Waals surface area contributed by atoms with Crippen LogP contribution in [0, 0.1) is 6.92 Å². The minimum absolute atomic E-state index is 0.127. The number of hydrogen-bond acceptors (Lipinski definition) is 4. The van der Waals surface area contributed by atoms with Gasteiger partial charge in [0.25, 0.3) is 0 Å². The third-order valence-corrected chi connectivity index (χ3v) is 4.69. The molecule has 2 atom stereocenters. The van der Waals surface area contributed by atoms with Crippen LogP contribution in [0.15, 0.2) is 5.38 Å². The summed E-state index contributed by atoms with van der Waals surface area (Å²) in [7, 11) is 0. The van der Waals surface area contributed by atoms with E-state index in [4.69, 9.17) is 0 Å². The standard InChI is InChI=1S/C14H23N3OS/c1-10-9-19-13(15-10)11(2)16-12(3)14(18)17-7-5-4-6-8-17/h9,11-12,16H,4-8H2,1-3H3. The normalized spacial score (nSPS) is 19.2. The number of aromatic nitrogens is 1. The molecule has 0 spiro atoms. The Kier molecular flexibility index (Phi) is 4.93. The van der Waals surface area contributed by atoms with Gasteiger partial charge in [-0.05, 0) is 40.0 Å². The molecule has 2 heterocycles. The van der Waals surface area contributed by atoms with Gasteiger partial charge in [0, 0.05) is 24.2 Å². The smallest absolute Gasteiger partial charge is 0.239 e. The predicted molar refractivity (Wildman–Crippen MR) is 78.3 cm³/mol. The quantitative estimate of drug-likeness (QED) is 0.922. The van der Waals surface area contributed by atoms with Gasteiger partial charge in [0.2, 0.25) is 5.91 Å². The molecular weight excluding hydrogens is 258 g/mol. The number of rotatable bonds is 4. The molecule has 1 aliphatic rings. The predicted octanol–water partition coefficient (Wildman–Crippen LogP) is 2.50. The summed E-state index contributed by atoms with van der Waals surface area (Å²) in [6.45, 7) is 7.84. The molecule has 5 heteroatoms. The fourth-order valence-electron chi connectivity index (χ4n) is 2.48. The lowest BCUT2D eigenvalue weighted by atomic mass is 10.1. The number of carbonyl (C=O) groups is 1. The zero-order valence-electron chi connectivity index (χ0n) is 12.0. The van der Waals surface area contributed by atoms with Crippen LogP contribution in [-0.2, 0) is 4.79 Å². The van der Waals surface area contributed by atoms with Gasteiger partial charge in [-0.15, -0.1) is 11.3 Å². The Morgan fingerprint density at radius 3 is 2.63 bits per heavy atom. The van der Waals surface area contributed by atoms with Gasteiger partial charge < -0.3 is 4.90 Å². The number of amides is 1. The van der Waals surface area contributed by atoms with E-state index in [1.54, 1.807) is 11.3 Å². The van der Waals surface area contributed by atoms with Crippen LogP contribution < -0.4 is 5.32 Å². The lowest BCUT2D eigenvalue weighted by Crippen LogP contribution is -2.47. The van der Waals surface area contributed by atoms with Crippen LogP contribution in [0.5, 0.6) is 0 Å². The molecule has 4 nitrogen and oxygen atoms in total. The minimum Gasteiger partial charge on any atom is -0.341 e. The van der Waals surface area contributed by atoms with E-state index in [0.29, 0.717) is 0 Å². The van der Waals surface area contributed by atoms with E-state index in [1.807, 2.05) is 24.1 Å². The van der Waals surface area contributed by atoms with Crippen molar-refractivity contribution < 1.29 is 4.79 Å². The maximum absolute atomic E-state index is 12.3. The van der Waals surface area contributed by atoms with Crippen LogP contribution in [0.2, 0.25) is 0 Å². The Morgan fingerprint density at radius 2 is 2.05 bits per heavy atom. The highest BCUT2D eigenvalue weighted by Gasteiger charge is 2.23. The van der Waals surface area contributed by atoms with E-state index in [-0.39, 0.29) is 18.0 Å². The van der Waals surface area contributed by atoms with Gasteiger partial charge in [-0.2, -0.15) is 0 Å². The van der Waals surface area contributed by atoms with Crippen molar-refractivity contribution in [2.45, 2.75) is 52.1 Å². The molecule has 1 aromatic rings. The number of hydrogen-bond donors (Lipinski definition) is 1. The largest absolute Gasteiger partial charge is 0.341 e. The number of aryl methyl sites for hydroxylation is 1. The Hall–Kier alpha value is -0.940. The summed E-state index contributed by atoms with van der Waals surface area (Å²) in [5.74, 6) is 0.222. The number of nitrogens with one attached hydrogen (secondary N) is 1. The summed E-state index contributed by atoms with van der Waals surface area (Å²) >= 11 is 1.65. The van der Waals surface area contributed by atoms with Crippen molar-refractivity contribution in [2.24, 2.45) is 0 Å². The number of piperidine rings is 1. The number of likely N-dealkylation sites (tertiary alicyclic amines) is 1. The first-order valence-electron chi connectivity index (χ1n) is 7.05. The Balaban J connectivity index is 1.89. The summed E-state index contributed by atoms with van der Waals surface area (Å²) in [6.07, 6.45) is 3.53. The molecule has 1 N–H and O–H groups in total. The first-order chi connectivity index (χ1) is 9.08. The third kappa shape index (κ3) is 3.76. The zero-order valence-corrected chi connectivity index (χ0v) is 12.8. The van der Waals surface area contributed by atoms with Crippen LogP contribution >= 0.6 is 11.3 Å². The molecule has 2 unspecified atom stereocenters. The highest BCUT2D eigenvalue weighted by Crippen LogP contribution is 2.18. The van der Waals surface area contributed by atoms with Crippen LogP contribution in [-0.4, -0.2) is 34.9 Å². The van der Waals surface area contributed by atoms with Crippen LogP contribution in [0.1, 0.15) is 49.9 Å². The van der Waals surface area contributed by atoms with Crippen molar-refractivity contribution in [3.8, 4) is 0 Å². The topological polar surface area (TPSA) is 45.2 Å². The lowest BCUT2D eigenvalue weighted by Gasteiger charge is -2.30.